The number of aromatic nitrogens is 3. The lowest BCUT2D eigenvalue weighted by molar-refractivity contribution is 0.238. The van der Waals surface area contributed by atoms with E-state index in [1.807, 2.05) is 42.6 Å². The van der Waals surface area contributed by atoms with Crippen LogP contribution in [0.15, 0.2) is 60.8 Å². The first kappa shape index (κ1) is 20.6. The number of nitrogens with one attached hydrogen (secondary N) is 1. The van der Waals surface area contributed by atoms with Gasteiger partial charge >= 0.3 is 0 Å². The molecule has 1 aliphatic rings. The van der Waals surface area contributed by atoms with Crippen molar-refractivity contribution in [3.63, 3.8) is 0 Å². The first-order chi connectivity index (χ1) is 15.6. The van der Waals surface area contributed by atoms with Gasteiger partial charge in [-0.3, -0.25) is 4.90 Å². The van der Waals surface area contributed by atoms with Crippen molar-refractivity contribution in [2.45, 2.75) is 12.8 Å². The molecule has 32 heavy (non-hydrogen) atoms. The van der Waals surface area contributed by atoms with Gasteiger partial charge in [0.1, 0.15) is 18.1 Å². The Hall–Kier alpha value is -3.29. The van der Waals surface area contributed by atoms with E-state index >= 15 is 0 Å². The Morgan fingerprint density at radius 1 is 1.06 bits per heavy atom. The highest BCUT2D eigenvalue weighted by Gasteiger charge is 2.12. The van der Waals surface area contributed by atoms with Crippen molar-refractivity contribution < 1.29 is 9.84 Å². The molecule has 0 spiro atoms. The third-order valence-corrected chi connectivity index (χ3v) is 5.89. The third kappa shape index (κ3) is 4.64. The van der Waals surface area contributed by atoms with E-state index in [0.717, 1.165) is 29.1 Å². The Morgan fingerprint density at radius 2 is 1.94 bits per heavy atom. The number of pyridine rings is 1. The van der Waals surface area contributed by atoms with Crippen LogP contribution >= 0.6 is 11.6 Å². The number of benzene rings is 2. The number of anilines is 2. The van der Waals surface area contributed by atoms with E-state index in [9.17, 15) is 5.11 Å². The summed E-state index contributed by atoms with van der Waals surface area (Å²) in [6.45, 7) is 3.97. The average molecular weight is 450 g/mol. The largest absolute Gasteiger partial charge is 0.508 e. The van der Waals surface area contributed by atoms with Crippen LogP contribution in [0.3, 0.4) is 0 Å². The van der Waals surface area contributed by atoms with Crippen LogP contribution in [-0.2, 0) is 0 Å². The highest BCUT2D eigenvalue weighted by molar-refractivity contribution is 6.33. The SMILES string of the molecule is Oc1ccc(Cl)c(-c2ccc3nc(Nc4cccc(OCCN5CCCC5)c4)nn3c2)c1. The minimum absolute atomic E-state index is 0.160. The molecule has 5 rings (SSSR count). The van der Waals surface area contributed by atoms with E-state index < -0.39 is 0 Å². The standard InChI is InChI=1S/C24H24ClN5O2/c25-22-8-7-19(31)15-21(22)17-6-9-23-27-24(28-30(23)16-17)26-18-4-3-5-20(14-18)32-13-12-29-10-1-2-11-29/h3-9,14-16,31H,1-2,10-13H2,(H,26,28). The fourth-order valence-corrected chi connectivity index (χ4v) is 4.15. The number of fused-ring (bicyclic) bond motifs is 1. The van der Waals surface area contributed by atoms with Crippen molar-refractivity contribution in [3.8, 4) is 22.6 Å². The predicted molar refractivity (Wildman–Crippen MR) is 126 cm³/mol. The Bertz CT molecular complexity index is 1240. The van der Waals surface area contributed by atoms with Crippen molar-refractivity contribution in [3.05, 3.63) is 65.8 Å². The maximum absolute atomic E-state index is 9.80. The van der Waals surface area contributed by atoms with Gasteiger partial charge in [0.25, 0.3) is 0 Å². The summed E-state index contributed by atoms with van der Waals surface area (Å²) >= 11 is 6.30. The molecular formula is C24H24ClN5O2. The van der Waals surface area contributed by atoms with Crippen LogP contribution in [0.5, 0.6) is 11.5 Å². The van der Waals surface area contributed by atoms with Crippen molar-refractivity contribution in [1.29, 1.82) is 0 Å². The van der Waals surface area contributed by atoms with Crippen molar-refractivity contribution in [2.24, 2.45) is 0 Å². The van der Waals surface area contributed by atoms with Gasteiger partial charge in [0, 0.05) is 40.6 Å². The predicted octanol–water partition coefficient (Wildman–Crippen LogP) is 4.97. The van der Waals surface area contributed by atoms with E-state index in [2.05, 4.69) is 20.3 Å². The van der Waals surface area contributed by atoms with E-state index in [0.29, 0.717) is 23.2 Å². The molecule has 0 bridgehead atoms. The molecule has 0 saturated carbocycles. The van der Waals surface area contributed by atoms with Gasteiger partial charge in [0.2, 0.25) is 5.95 Å². The summed E-state index contributed by atoms with van der Waals surface area (Å²) in [5.74, 6) is 1.46. The fourth-order valence-electron chi connectivity index (χ4n) is 3.92. The molecule has 0 atom stereocenters. The zero-order valence-electron chi connectivity index (χ0n) is 17.5. The van der Waals surface area contributed by atoms with Gasteiger partial charge in [0.15, 0.2) is 5.65 Å². The van der Waals surface area contributed by atoms with Gasteiger partial charge in [-0.15, -0.1) is 5.10 Å². The second-order valence-corrected chi connectivity index (χ2v) is 8.28. The van der Waals surface area contributed by atoms with Crippen LogP contribution in [0.4, 0.5) is 11.6 Å². The molecule has 164 valence electrons. The molecule has 0 aliphatic carbocycles. The van der Waals surface area contributed by atoms with Gasteiger partial charge in [0.05, 0.1) is 0 Å². The number of ether oxygens (including phenoxy) is 1. The van der Waals surface area contributed by atoms with Gasteiger partial charge in [-0.05, 0) is 68.4 Å². The number of phenols is 1. The smallest absolute Gasteiger partial charge is 0.247 e. The molecule has 1 fully saturated rings. The Labute approximate surface area is 191 Å². The highest BCUT2D eigenvalue weighted by Crippen LogP contribution is 2.31. The lowest BCUT2D eigenvalue weighted by Gasteiger charge is -2.15. The van der Waals surface area contributed by atoms with Crippen LogP contribution < -0.4 is 10.1 Å². The summed E-state index contributed by atoms with van der Waals surface area (Å²) in [6, 6.07) is 16.5. The van der Waals surface area contributed by atoms with Crippen LogP contribution in [0, 0.1) is 0 Å². The Balaban J connectivity index is 1.29. The minimum Gasteiger partial charge on any atom is -0.508 e. The number of halogens is 1. The molecule has 0 amide bonds. The summed E-state index contributed by atoms with van der Waals surface area (Å²) in [4.78, 5) is 6.97. The van der Waals surface area contributed by atoms with Gasteiger partial charge < -0.3 is 15.2 Å². The number of likely N-dealkylation sites (tertiary alicyclic amines) is 1. The van der Waals surface area contributed by atoms with E-state index in [4.69, 9.17) is 16.3 Å². The minimum atomic E-state index is 0.160. The second-order valence-electron chi connectivity index (χ2n) is 7.87. The summed E-state index contributed by atoms with van der Waals surface area (Å²) in [7, 11) is 0. The number of hydrogen-bond acceptors (Lipinski definition) is 6. The van der Waals surface area contributed by atoms with Crippen molar-refractivity contribution in [1.82, 2.24) is 19.5 Å². The Kier molecular flexibility index (Phi) is 5.83. The van der Waals surface area contributed by atoms with Gasteiger partial charge in [-0.25, -0.2) is 4.52 Å². The van der Waals surface area contributed by atoms with E-state index in [-0.39, 0.29) is 5.75 Å². The average Bonchev–Trinajstić information content (AvgIpc) is 3.44. The molecule has 2 aromatic carbocycles. The summed E-state index contributed by atoms with van der Waals surface area (Å²) in [5, 5.41) is 18.1. The highest BCUT2D eigenvalue weighted by atomic mass is 35.5. The Morgan fingerprint density at radius 3 is 2.81 bits per heavy atom. The van der Waals surface area contributed by atoms with Crippen molar-refractivity contribution >= 4 is 28.9 Å². The van der Waals surface area contributed by atoms with Crippen LogP contribution in [0.25, 0.3) is 16.8 Å². The molecule has 4 aromatic rings. The molecule has 1 saturated heterocycles. The lowest BCUT2D eigenvalue weighted by atomic mass is 10.1. The molecule has 0 radical (unpaired) electrons. The quantitative estimate of drug-likeness (QED) is 0.414. The van der Waals surface area contributed by atoms with Crippen LogP contribution in [0.2, 0.25) is 5.02 Å². The number of aromatic hydroxyl groups is 1. The summed E-state index contributed by atoms with van der Waals surface area (Å²) in [5.41, 5.74) is 3.13. The van der Waals surface area contributed by atoms with E-state index in [1.54, 1.807) is 22.7 Å². The molecule has 8 heteroatoms. The number of nitrogens with zero attached hydrogens (tertiary/aromatic N) is 4. The first-order valence-corrected chi connectivity index (χ1v) is 11.1. The molecule has 7 nitrogen and oxygen atoms in total. The third-order valence-electron chi connectivity index (χ3n) is 5.56. The van der Waals surface area contributed by atoms with E-state index in [1.165, 1.54) is 25.9 Å². The monoisotopic (exact) mass is 449 g/mol. The van der Waals surface area contributed by atoms with Crippen LogP contribution in [0.1, 0.15) is 12.8 Å². The maximum atomic E-state index is 9.80. The number of hydrogen-bond donors (Lipinski definition) is 2. The molecule has 1 aliphatic heterocycles. The molecule has 2 N–H and O–H groups in total. The summed E-state index contributed by atoms with van der Waals surface area (Å²) < 4.78 is 7.62. The molecular weight excluding hydrogens is 426 g/mol. The fraction of sp³-hybridized carbons (Fsp3) is 0.250. The topological polar surface area (TPSA) is 74.9 Å². The molecule has 3 heterocycles. The van der Waals surface area contributed by atoms with Crippen molar-refractivity contribution in [2.75, 3.05) is 31.6 Å². The summed E-state index contributed by atoms with van der Waals surface area (Å²) in [6.07, 6.45) is 4.41. The lowest BCUT2D eigenvalue weighted by Crippen LogP contribution is -2.25. The zero-order chi connectivity index (χ0) is 21.9. The maximum Gasteiger partial charge on any atom is 0.247 e. The molecule has 2 aromatic heterocycles. The van der Waals surface area contributed by atoms with Gasteiger partial charge in [-0.2, -0.15) is 4.98 Å². The normalized spacial score (nSPS) is 14.2. The second kappa shape index (κ2) is 9.06. The zero-order valence-corrected chi connectivity index (χ0v) is 18.3. The van der Waals surface area contributed by atoms with Gasteiger partial charge in [-0.1, -0.05) is 17.7 Å². The van der Waals surface area contributed by atoms with Crippen LogP contribution in [-0.4, -0.2) is 50.8 Å². The first-order valence-electron chi connectivity index (χ1n) is 10.7. The number of phenolic OH excluding ortho intramolecular Hbond substituents is 1. The molecule has 0 unspecified atom stereocenters. The number of rotatable bonds is 7.